The minimum Gasteiger partial charge on any atom is -0.497 e. The Morgan fingerprint density at radius 3 is 2.54 bits per heavy atom. The number of benzene rings is 1. The van der Waals surface area contributed by atoms with E-state index >= 15 is 0 Å². The number of hydrogen-bond donors (Lipinski definition) is 1. The van der Waals surface area contributed by atoms with Crippen molar-refractivity contribution in [3.63, 3.8) is 0 Å². The fourth-order valence-electron chi connectivity index (χ4n) is 2.34. The lowest BCUT2D eigenvalue weighted by molar-refractivity contribution is -0.143. The van der Waals surface area contributed by atoms with Crippen LogP contribution in [0.2, 0.25) is 0 Å². The monoisotopic (exact) mass is 335 g/mol. The van der Waals surface area contributed by atoms with Crippen LogP contribution in [0.1, 0.15) is 6.92 Å². The molecule has 1 aromatic rings. The minimum atomic E-state index is -0.501. The van der Waals surface area contributed by atoms with Crippen LogP contribution in [0.4, 0.5) is 10.5 Å². The van der Waals surface area contributed by atoms with Gasteiger partial charge < -0.3 is 19.7 Å². The maximum atomic E-state index is 12.4. The van der Waals surface area contributed by atoms with Crippen LogP contribution in [0, 0.1) is 0 Å². The van der Waals surface area contributed by atoms with Crippen molar-refractivity contribution in [3.8, 4) is 5.75 Å². The minimum absolute atomic E-state index is 0.0924. The summed E-state index contributed by atoms with van der Waals surface area (Å²) in [4.78, 5) is 38.5. The van der Waals surface area contributed by atoms with Crippen LogP contribution in [-0.2, 0) is 14.3 Å². The highest BCUT2D eigenvalue weighted by atomic mass is 16.5. The predicted molar refractivity (Wildman–Crippen MR) is 87.0 cm³/mol. The largest absolute Gasteiger partial charge is 0.497 e. The molecule has 24 heavy (non-hydrogen) atoms. The van der Waals surface area contributed by atoms with Gasteiger partial charge in [-0.25, -0.2) is 4.79 Å². The maximum Gasteiger partial charge on any atom is 0.325 e. The topological polar surface area (TPSA) is 88.2 Å². The van der Waals surface area contributed by atoms with Crippen molar-refractivity contribution in [3.05, 3.63) is 24.3 Å². The summed E-state index contributed by atoms with van der Waals surface area (Å²) < 4.78 is 9.82. The molecule has 3 amide bonds. The molecule has 8 nitrogen and oxygen atoms in total. The molecule has 0 aromatic heterocycles. The van der Waals surface area contributed by atoms with Crippen molar-refractivity contribution in [1.29, 1.82) is 0 Å². The molecule has 130 valence electrons. The molecule has 8 heteroatoms. The summed E-state index contributed by atoms with van der Waals surface area (Å²) >= 11 is 0. The highest BCUT2D eigenvalue weighted by molar-refractivity contribution is 5.96. The summed E-state index contributed by atoms with van der Waals surface area (Å²) in [5.74, 6) is -0.188. The number of rotatable bonds is 7. The number of urea groups is 1. The van der Waals surface area contributed by atoms with Gasteiger partial charge in [-0.3, -0.25) is 14.5 Å². The molecule has 1 aromatic carbocycles. The zero-order valence-corrected chi connectivity index (χ0v) is 13.8. The Kier molecular flexibility index (Phi) is 6.00. The lowest BCUT2D eigenvalue weighted by Gasteiger charge is -2.18. The van der Waals surface area contributed by atoms with E-state index in [0.717, 1.165) is 5.69 Å². The van der Waals surface area contributed by atoms with Crippen molar-refractivity contribution in [1.82, 2.24) is 10.2 Å². The van der Waals surface area contributed by atoms with Crippen molar-refractivity contribution in [2.24, 2.45) is 0 Å². The molecule has 0 saturated carbocycles. The molecule has 0 bridgehead atoms. The van der Waals surface area contributed by atoms with E-state index < -0.39 is 11.9 Å². The number of carbonyl (C=O) groups is 3. The lowest BCUT2D eigenvalue weighted by atomic mass is 10.3. The molecule has 1 fully saturated rings. The third kappa shape index (κ3) is 4.37. The zero-order chi connectivity index (χ0) is 17.5. The van der Waals surface area contributed by atoms with Crippen molar-refractivity contribution < 1.29 is 23.9 Å². The van der Waals surface area contributed by atoms with Gasteiger partial charge in [0.05, 0.1) is 13.7 Å². The molecule has 0 atom stereocenters. The Bertz CT molecular complexity index is 602. The van der Waals surface area contributed by atoms with Gasteiger partial charge in [-0.15, -0.1) is 0 Å². The zero-order valence-electron chi connectivity index (χ0n) is 13.8. The van der Waals surface area contributed by atoms with E-state index in [2.05, 4.69) is 5.32 Å². The van der Waals surface area contributed by atoms with E-state index in [9.17, 15) is 14.4 Å². The summed E-state index contributed by atoms with van der Waals surface area (Å²) in [6.45, 7) is 2.60. The number of ether oxygens (including phenoxy) is 2. The number of nitrogens with one attached hydrogen (secondary N) is 1. The van der Waals surface area contributed by atoms with Gasteiger partial charge in [-0.05, 0) is 31.2 Å². The number of amides is 3. The summed E-state index contributed by atoms with van der Waals surface area (Å²) in [5.41, 5.74) is 0.746. The SMILES string of the molecule is CCOC(=O)CNC(=O)CN1CCN(c2ccc(OC)cc2)C1=O. The van der Waals surface area contributed by atoms with E-state index in [4.69, 9.17) is 9.47 Å². The second-order valence-corrected chi connectivity index (χ2v) is 5.14. The number of nitrogens with zero attached hydrogens (tertiary/aromatic N) is 2. The first-order valence-electron chi connectivity index (χ1n) is 7.68. The maximum absolute atomic E-state index is 12.4. The number of hydrogen-bond acceptors (Lipinski definition) is 5. The Morgan fingerprint density at radius 1 is 1.21 bits per heavy atom. The molecule has 0 unspecified atom stereocenters. The van der Waals surface area contributed by atoms with Crippen LogP contribution in [-0.4, -0.2) is 62.7 Å². The standard InChI is InChI=1S/C16H21N3O5/c1-3-24-15(21)10-17-14(20)11-18-8-9-19(16(18)22)12-4-6-13(23-2)7-5-12/h4-7H,3,8-11H2,1-2H3,(H,17,20). The van der Waals surface area contributed by atoms with Gasteiger partial charge in [0, 0.05) is 18.8 Å². The van der Waals surface area contributed by atoms with Gasteiger partial charge in [0.15, 0.2) is 0 Å². The summed E-state index contributed by atoms with van der Waals surface area (Å²) in [7, 11) is 1.58. The number of methoxy groups -OCH3 is 1. The van der Waals surface area contributed by atoms with Crippen molar-refractivity contribution in [2.45, 2.75) is 6.92 Å². The van der Waals surface area contributed by atoms with E-state index in [1.807, 2.05) is 0 Å². The van der Waals surface area contributed by atoms with E-state index in [1.165, 1.54) is 4.90 Å². The molecule has 1 aliphatic heterocycles. The summed E-state index contributed by atoms with van der Waals surface area (Å²) in [6.07, 6.45) is 0. The fourth-order valence-corrected chi connectivity index (χ4v) is 2.34. The van der Waals surface area contributed by atoms with Crippen LogP contribution in [0.25, 0.3) is 0 Å². The third-order valence-electron chi connectivity index (χ3n) is 3.55. The molecule has 1 heterocycles. The van der Waals surface area contributed by atoms with Gasteiger partial charge in [0.1, 0.15) is 18.8 Å². The first-order valence-corrected chi connectivity index (χ1v) is 7.68. The smallest absolute Gasteiger partial charge is 0.325 e. The normalized spacial score (nSPS) is 13.8. The van der Waals surface area contributed by atoms with Gasteiger partial charge >= 0.3 is 12.0 Å². The van der Waals surface area contributed by atoms with E-state index in [1.54, 1.807) is 43.2 Å². The first kappa shape index (κ1) is 17.6. The fraction of sp³-hybridized carbons (Fsp3) is 0.438. The number of carbonyl (C=O) groups excluding carboxylic acids is 3. The first-order chi connectivity index (χ1) is 11.5. The molecule has 1 saturated heterocycles. The molecule has 1 aliphatic rings. The van der Waals surface area contributed by atoms with Gasteiger partial charge in [0.25, 0.3) is 0 Å². The summed E-state index contributed by atoms with van der Waals surface area (Å²) in [5, 5.41) is 2.44. The van der Waals surface area contributed by atoms with Crippen LogP contribution in [0.15, 0.2) is 24.3 Å². The Labute approximate surface area is 140 Å². The molecular formula is C16H21N3O5. The molecule has 0 spiro atoms. The van der Waals surface area contributed by atoms with Crippen molar-refractivity contribution >= 4 is 23.6 Å². The third-order valence-corrected chi connectivity index (χ3v) is 3.55. The van der Waals surface area contributed by atoms with Crippen LogP contribution >= 0.6 is 0 Å². The second kappa shape index (κ2) is 8.19. The Balaban J connectivity index is 1.86. The van der Waals surface area contributed by atoms with E-state index in [-0.39, 0.29) is 25.7 Å². The van der Waals surface area contributed by atoms with Crippen LogP contribution < -0.4 is 15.0 Å². The molecule has 1 N–H and O–H groups in total. The van der Waals surface area contributed by atoms with E-state index in [0.29, 0.717) is 18.8 Å². The van der Waals surface area contributed by atoms with Crippen LogP contribution in [0.5, 0.6) is 5.75 Å². The average Bonchev–Trinajstić information content (AvgIpc) is 2.94. The average molecular weight is 335 g/mol. The van der Waals surface area contributed by atoms with Gasteiger partial charge in [0.2, 0.25) is 5.91 Å². The van der Waals surface area contributed by atoms with Gasteiger partial charge in [-0.1, -0.05) is 0 Å². The van der Waals surface area contributed by atoms with Gasteiger partial charge in [-0.2, -0.15) is 0 Å². The quantitative estimate of drug-likeness (QED) is 0.738. The Morgan fingerprint density at radius 2 is 1.92 bits per heavy atom. The number of anilines is 1. The Hall–Kier alpha value is -2.77. The lowest BCUT2D eigenvalue weighted by Crippen LogP contribution is -2.41. The molecule has 0 radical (unpaired) electrons. The van der Waals surface area contributed by atoms with Crippen molar-refractivity contribution in [2.75, 3.05) is 44.8 Å². The number of esters is 1. The molecule has 2 rings (SSSR count). The summed E-state index contributed by atoms with van der Waals surface area (Å²) in [6, 6.07) is 6.89. The molecular weight excluding hydrogens is 314 g/mol. The highest BCUT2D eigenvalue weighted by Gasteiger charge is 2.30. The molecule has 0 aliphatic carbocycles. The second-order valence-electron chi connectivity index (χ2n) is 5.14. The van der Waals surface area contributed by atoms with Crippen LogP contribution in [0.3, 0.4) is 0 Å². The highest BCUT2D eigenvalue weighted by Crippen LogP contribution is 2.22. The predicted octanol–water partition coefficient (Wildman–Crippen LogP) is 0.617.